The Bertz CT molecular complexity index is 511. The van der Waals surface area contributed by atoms with Gasteiger partial charge in [-0.1, -0.05) is 12.1 Å². The molecule has 1 fully saturated rings. The number of phenolic OH excluding ortho intramolecular Hbond substituents is 1. The van der Waals surface area contributed by atoms with Crippen LogP contribution in [-0.2, 0) is 16.0 Å². The normalized spacial score (nSPS) is 17.0. The molecule has 5 N–H and O–H groups in total. The van der Waals surface area contributed by atoms with Crippen molar-refractivity contribution >= 4 is 11.9 Å². The van der Waals surface area contributed by atoms with Crippen LogP contribution in [0.5, 0.6) is 5.75 Å². The second kappa shape index (κ2) is 6.58. The van der Waals surface area contributed by atoms with Gasteiger partial charge in [-0.25, -0.2) is 0 Å². The molecular formula is C15H20N2O4. The van der Waals surface area contributed by atoms with Crippen LogP contribution in [0.2, 0.25) is 0 Å². The predicted molar refractivity (Wildman–Crippen MR) is 76.7 cm³/mol. The minimum Gasteiger partial charge on any atom is -0.508 e. The van der Waals surface area contributed by atoms with Crippen molar-refractivity contribution in [3.8, 4) is 5.75 Å². The molecule has 21 heavy (non-hydrogen) atoms. The maximum atomic E-state index is 12.1. The predicted octanol–water partition coefficient (Wildman–Crippen LogP) is 0.631. The summed E-state index contributed by atoms with van der Waals surface area (Å²) in [7, 11) is 0. The van der Waals surface area contributed by atoms with E-state index in [2.05, 4.69) is 5.32 Å². The number of aromatic hydroxyl groups is 1. The summed E-state index contributed by atoms with van der Waals surface area (Å²) in [5.41, 5.74) is 6.71. The number of amides is 1. The van der Waals surface area contributed by atoms with E-state index in [0.29, 0.717) is 6.42 Å². The van der Waals surface area contributed by atoms with E-state index in [1.165, 1.54) is 12.1 Å². The largest absolute Gasteiger partial charge is 0.508 e. The van der Waals surface area contributed by atoms with Crippen molar-refractivity contribution in [3.05, 3.63) is 29.8 Å². The Hall–Kier alpha value is -2.08. The highest BCUT2D eigenvalue weighted by molar-refractivity contribution is 5.82. The summed E-state index contributed by atoms with van der Waals surface area (Å²) in [6.07, 6.45) is 2.18. The van der Waals surface area contributed by atoms with Gasteiger partial charge in [0.05, 0.1) is 12.5 Å². The molecular weight excluding hydrogens is 272 g/mol. The van der Waals surface area contributed by atoms with Gasteiger partial charge in [0.1, 0.15) is 5.75 Å². The lowest BCUT2D eigenvalue weighted by atomic mass is 10.0. The van der Waals surface area contributed by atoms with Crippen LogP contribution in [0, 0.1) is 5.92 Å². The van der Waals surface area contributed by atoms with Crippen LogP contribution in [0.3, 0.4) is 0 Å². The van der Waals surface area contributed by atoms with E-state index in [9.17, 15) is 14.7 Å². The van der Waals surface area contributed by atoms with Crippen LogP contribution < -0.4 is 11.1 Å². The number of carbonyl (C=O) groups is 2. The highest BCUT2D eigenvalue weighted by Gasteiger charge is 2.34. The molecule has 1 aromatic carbocycles. The number of hydrogen-bond donors (Lipinski definition) is 4. The topological polar surface area (TPSA) is 113 Å². The average molecular weight is 292 g/mol. The molecule has 1 amide bonds. The molecule has 1 saturated carbocycles. The number of benzene rings is 1. The number of rotatable bonds is 7. The summed E-state index contributed by atoms with van der Waals surface area (Å²) in [6, 6.07) is 5.43. The first-order valence-electron chi connectivity index (χ1n) is 7.01. The standard InChI is InChI=1S/C15H20N2O4/c16-12(7-9-1-5-11(18)6-2-9)15(21)17-13(8-14(19)20)10-3-4-10/h1-2,5-6,10,12-13,18H,3-4,7-8,16H2,(H,17,21)(H,19,20)/t12-,13?/m1/s1. The number of hydrogen-bond acceptors (Lipinski definition) is 4. The number of carbonyl (C=O) groups excluding carboxylic acids is 1. The summed E-state index contributed by atoms with van der Waals surface area (Å²) in [6.45, 7) is 0. The summed E-state index contributed by atoms with van der Waals surface area (Å²) >= 11 is 0. The van der Waals surface area contributed by atoms with Gasteiger partial charge in [0.2, 0.25) is 5.91 Å². The molecule has 6 nitrogen and oxygen atoms in total. The first-order chi connectivity index (χ1) is 9.95. The Morgan fingerprint density at radius 2 is 1.90 bits per heavy atom. The molecule has 0 aromatic heterocycles. The fourth-order valence-corrected chi connectivity index (χ4v) is 2.29. The summed E-state index contributed by atoms with van der Waals surface area (Å²) in [5.74, 6) is -0.835. The van der Waals surface area contributed by atoms with Gasteiger partial charge in [0, 0.05) is 6.04 Å². The van der Waals surface area contributed by atoms with Crippen molar-refractivity contribution in [2.24, 2.45) is 11.7 Å². The van der Waals surface area contributed by atoms with E-state index >= 15 is 0 Å². The third kappa shape index (κ3) is 4.75. The molecule has 0 radical (unpaired) electrons. The van der Waals surface area contributed by atoms with Crippen LogP contribution in [0.4, 0.5) is 0 Å². The molecule has 1 aliphatic carbocycles. The number of carboxylic acid groups (broad SMARTS) is 1. The van der Waals surface area contributed by atoms with Crippen LogP contribution in [-0.4, -0.2) is 34.2 Å². The molecule has 0 aliphatic heterocycles. The summed E-state index contributed by atoms with van der Waals surface area (Å²) in [4.78, 5) is 22.9. The van der Waals surface area contributed by atoms with Gasteiger partial charge in [0.15, 0.2) is 0 Å². The average Bonchev–Trinajstić information content (AvgIpc) is 3.24. The highest BCUT2D eigenvalue weighted by atomic mass is 16.4. The van der Waals surface area contributed by atoms with E-state index in [4.69, 9.17) is 10.8 Å². The molecule has 1 aliphatic rings. The van der Waals surface area contributed by atoms with Crippen molar-refractivity contribution in [1.82, 2.24) is 5.32 Å². The number of phenols is 1. The maximum Gasteiger partial charge on any atom is 0.305 e. The lowest BCUT2D eigenvalue weighted by molar-refractivity contribution is -0.138. The zero-order valence-electron chi connectivity index (χ0n) is 11.7. The quantitative estimate of drug-likeness (QED) is 0.589. The number of aliphatic carboxylic acids is 1. The SMILES string of the molecule is N[C@H](Cc1ccc(O)cc1)C(=O)NC(CC(=O)O)C1CC1. The van der Waals surface area contributed by atoms with E-state index in [1.807, 2.05) is 0 Å². The fourth-order valence-electron chi connectivity index (χ4n) is 2.29. The second-order valence-corrected chi connectivity index (χ2v) is 5.53. The summed E-state index contributed by atoms with van der Waals surface area (Å²) in [5, 5.41) is 20.8. The molecule has 1 aromatic rings. The van der Waals surface area contributed by atoms with E-state index < -0.39 is 12.0 Å². The van der Waals surface area contributed by atoms with Crippen LogP contribution in [0.1, 0.15) is 24.8 Å². The fraction of sp³-hybridized carbons (Fsp3) is 0.467. The smallest absolute Gasteiger partial charge is 0.305 e. The van der Waals surface area contributed by atoms with Gasteiger partial charge in [-0.3, -0.25) is 9.59 Å². The van der Waals surface area contributed by atoms with Crippen LogP contribution in [0.15, 0.2) is 24.3 Å². The minimum atomic E-state index is -0.917. The van der Waals surface area contributed by atoms with E-state index in [-0.39, 0.29) is 30.0 Å². The Labute approximate surface area is 123 Å². The van der Waals surface area contributed by atoms with Crippen molar-refractivity contribution in [1.29, 1.82) is 0 Å². The lowest BCUT2D eigenvalue weighted by Gasteiger charge is -2.19. The Morgan fingerprint density at radius 3 is 2.43 bits per heavy atom. The van der Waals surface area contributed by atoms with Crippen molar-refractivity contribution in [2.75, 3.05) is 0 Å². The van der Waals surface area contributed by atoms with E-state index in [1.54, 1.807) is 12.1 Å². The molecule has 0 bridgehead atoms. The Balaban J connectivity index is 1.88. The van der Waals surface area contributed by atoms with Gasteiger partial charge < -0.3 is 21.3 Å². The van der Waals surface area contributed by atoms with Gasteiger partial charge in [-0.2, -0.15) is 0 Å². The number of nitrogens with two attached hydrogens (primary N) is 1. The molecule has 114 valence electrons. The molecule has 0 saturated heterocycles. The monoisotopic (exact) mass is 292 g/mol. The Kier molecular flexibility index (Phi) is 4.80. The van der Waals surface area contributed by atoms with Crippen molar-refractivity contribution < 1.29 is 19.8 Å². The first kappa shape index (κ1) is 15.3. The maximum absolute atomic E-state index is 12.1. The van der Waals surface area contributed by atoms with Crippen LogP contribution in [0.25, 0.3) is 0 Å². The third-order valence-electron chi connectivity index (χ3n) is 3.64. The molecule has 0 heterocycles. The first-order valence-corrected chi connectivity index (χ1v) is 7.01. The summed E-state index contributed by atoms with van der Waals surface area (Å²) < 4.78 is 0. The zero-order chi connectivity index (χ0) is 15.4. The third-order valence-corrected chi connectivity index (χ3v) is 3.64. The number of carboxylic acids is 1. The second-order valence-electron chi connectivity index (χ2n) is 5.53. The molecule has 2 atom stereocenters. The van der Waals surface area contributed by atoms with Gasteiger partial charge >= 0.3 is 5.97 Å². The van der Waals surface area contributed by atoms with Gasteiger partial charge in [-0.15, -0.1) is 0 Å². The van der Waals surface area contributed by atoms with Crippen molar-refractivity contribution in [2.45, 2.75) is 37.8 Å². The molecule has 1 unspecified atom stereocenters. The highest BCUT2D eigenvalue weighted by Crippen LogP contribution is 2.34. The Morgan fingerprint density at radius 1 is 1.29 bits per heavy atom. The van der Waals surface area contributed by atoms with Gasteiger partial charge in [0.25, 0.3) is 0 Å². The number of nitrogens with one attached hydrogen (secondary N) is 1. The molecule has 6 heteroatoms. The minimum absolute atomic E-state index is 0.0671. The molecule has 2 rings (SSSR count). The van der Waals surface area contributed by atoms with Gasteiger partial charge in [-0.05, 0) is 42.9 Å². The lowest BCUT2D eigenvalue weighted by Crippen LogP contribution is -2.47. The molecule has 0 spiro atoms. The van der Waals surface area contributed by atoms with Crippen LogP contribution >= 0.6 is 0 Å². The zero-order valence-corrected chi connectivity index (χ0v) is 11.7. The van der Waals surface area contributed by atoms with E-state index in [0.717, 1.165) is 18.4 Å². The van der Waals surface area contributed by atoms with Crippen molar-refractivity contribution in [3.63, 3.8) is 0 Å².